The van der Waals surface area contributed by atoms with Crippen molar-refractivity contribution in [3.63, 3.8) is 0 Å². The van der Waals surface area contributed by atoms with Crippen molar-refractivity contribution in [3.8, 4) is 0 Å². The van der Waals surface area contributed by atoms with E-state index in [1.165, 1.54) is 0 Å². The molecule has 0 bridgehead atoms. The van der Waals surface area contributed by atoms with E-state index >= 15 is 0 Å². The van der Waals surface area contributed by atoms with Crippen molar-refractivity contribution in [1.29, 1.82) is 0 Å². The molecule has 0 radical (unpaired) electrons. The van der Waals surface area contributed by atoms with Crippen molar-refractivity contribution in [3.05, 3.63) is 31.5 Å². The molecule has 0 unspecified atom stereocenters. The fourth-order valence-corrected chi connectivity index (χ4v) is 2.07. The van der Waals surface area contributed by atoms with E-state index in [0.717, 1.165) is 0 Å². The van der Waals surface area contributed by atoms with Gasteiger partial charge in [-0.15, -0.1) is 0 Å². The Morgan fingerprint density at radius 1 is 0.692 bits per heavy atom. The quantitative estimate of drug-likeness (QED) is 0.564. The first-order chi connectivity index (χ1) is 5.46. The second-order valence-corrected chi connectivity index (χ2v) is 3.82. The van der Waals surface area contributed by atoms with E-state index in [0.29, 0.717) is 10.8 Å². The number of aromatic nitrogens is 3. The summed E-state index contributed by atoms with van der Waals surface area (Å²) in [5.74, 6) is 0. The van der Waals surface area contributed by atoms with Gasteiger partial charge in [-0.25, -0.2) is 14.4 Å². The van der Waals surface area contributed by atoms with E-state index in [1.54, 1.807) is 0 Å². The highest BCUT2D eigenvalue weighted by atomic mass is 79.9. The van der Waals surface area contributed by atoms with Crippen LogP contribution in [-0.2, 0) is 0 Å². The summed E-state index contributed by atoms with van der Waals surface area (Å²) in [4.78, 5) is 32.9. The maximum Gasteiger partial charge on any atom is 0.357 e. The Hall–Kier alpha value is -0.190. The van der Waals surface area contributed by atoms with Crippen LogP contribution in [0.2, 0.25) is 0 Å². The molecule has 0 aliphatic rings. The van der Waals surface area contributed by atoms with Crippen LogP contribution < -0.4 is 17.1 Å². The van der Waals surface area contributed by atoms with Gasteiger partial charge in [-0.1, -0.05) is 0 Å². The Morgan fingerprint density at radius 2 is 0.846 bits per heavy atom. The smallest absolute Gasteiger partial charge is 0.357 e. The highest BCUT2D eigenvalue weighted by molar-refractivity contribution is 9.09. The Labute approximate surface area is 95.9 Å². The molecule has 0 amide bonds. The number of hydrogen-bond donors (Lipinski definition) is 0. The zero-order chi connectivity index (χ0) is 9.46. The van der Waals surface area contributed by atoms with Crippen LogP contribution in [0.3, 0.4) is 0 Å². The maximum atomic E-state index is 11.0. The maximum absolute atomic E-state index is 11.0. The summed E-state index contributed by atoms with van der Waals surface area (Å²) >= 11 is 8.00. The van der Waals surface area contributed by atoms with Gasteiger partial charge in [-0.3, -0.25) is 0 Å². The predicted octanol–water partition coefficient (Wildman–Crippen LogP) is -1.18. The van der Waals surface area contributed by atoms with Crippen molar-refractivity contribution in [2.45, 2.75) is 0 Å². The molecule has 2 N–H and O–H groups in total. The third-order valence-corrected chi connectivity index (χ3v) is 2.83. The Kier molecular flexibility index (Phi) is 4.29. The first-order valence-electron chi connectivity index (χ1n) is 2.46. The first-order valence-corrected chi connectivity index (χ1v) is 4.59. The van der Waals surface area contributed by atoms with E-state index in [4.69, 9.17) is 0 Å². The van der Waals surface area contributed by atoms with Gasteiger partial charge in [0.25, 0.3) is 0 Å². The topological polar surface area (TPSA) is 97.5 Å². The van der Waals surface area contributed by atoms with Crippen LogP contribution in [0, 0.1) is 0 Å². The van der Waals surface area contributed by atoms with Crippen molar-refractivity contribution >= 4 is 48.4 Å². The Balaban J connectivity index is 0.00000144. The fraction of sp³-hybridized carbons (Fsp3) is 0. The van der Waals surface area contributed by atoms with Crippen LogP contribution in [0.5, 0.6) is 0 Å². The van der Waals surface area contributed by atoms with Gasteiger partial charge in [0.15, 0.2) is 0 Å². The van der Waals surface area contributed by atoms with Gasteiger partial charge in [-0.2, -0.15) is 10.8 Å². The number of hydrogen-bond acceptors (Lipinski definition) is 3. The predicted molar refractivity (Wildman–Crippen MR) is 55.8 cm³/mol. The SMILES string of the molecule is O.O=c1n(Br)c(=O)n(Br)c(=O)n1Br. The highest BCUT2D eigenvalue weighted by Crippen LogP contribution is 1.84. The zero-order valence-corrected chi connectivity index (χ0v) is 10.5. The van der Waals surface area contributed by atoms with E-state index in [1.807, 2.05) is 0 Å². The zero-order valence-electron chi connectivity index (χ0n) is 5.70. The third-order valence-electron chi connectivity index (χ3n) is 1.01. The lowest BCUT2D eigenvalue weighted by molar-refractivity contribution is 0.814. The van der Waals surface area contributed by atoms with Crippen molar-refractivity contribution in [2.24, 2.45) is 0 Å². The molecule has 1 aromatic heterocycles. The van der Waals surface area contributed by atoms with Crippen molar-refractivity contribution in [2.75, 3.05) is 0 Å². The molecule has 0 aromatic carbocycles. The lowest BCUT2D eigenvalue weighted by atomic mass is 11.0. The minimum Gasteiger partial charge on any atom is -0.412 e. The van der Waals surface area contributed by atoms with Crippen LogP contribution in [0.25, 0.3) is 0 Å². The van der Waals surface area contributed by atoms with Crippen LogP contribution in [0.15, 0.2) is 14.4 Å². The molecule has 0 aliphatic heterocycles. The second-order valence-electron chi connectivity index (χ2n) is 1.69. The van der Waals surface area contributed by atoms with E-state index in [2.05, 4.69) is 48.4 Å². The monoisotopic (exact) mass is 381 g/mol. The summed E-state index contributed by atoms with van der Waals surface area (Å²) < 4.78 is 1.79. The highest BCUT2D eigenvalue weighted by Gasteiger charge is 2.09. The molecule has 74 valence electrons. The van der Waals surface area contributed by atoms with E-state index < -0.39 is 17.1 Å². The van der Waals surface area contributed by atoms with Crippen LogP contribution in [0.4, 0.5) is 0 Å². The molecular formula is C3H2Br3N3O4. The van der Waals surface area contributed by atoms with E-state index in [9.17, 15) is 14.4 Å². The van der Waals surface area contributed by atoms with Gasteiger partial charge in [0.1, 0.15) is 0 Å². The molecule has 13 heavy (non-hydrogen) atoms. The molecule has 0 spiro atoms. The van der Waals surface area contributed by atoms with Crippen LogP contribution in [0.1, 0.15) is 0 Å². The average molecular weight is 384 g/mol. The molecule has 1 heterocycles. The molecule has 0 aliphatic carbocycles. The van der Waals surface area contributed by atoms with Crippen LogP contribution in [-0.4, -0.2) is 16.3 Å². The van der Waals surface area contributed by atoms with Gasteiger partial charge in [0.2, 0.25) is 0 Å². The molecule has 0 atom stereocenters. The number of rotatable bonds is 0. The van der Waals surface area contributed by atoms with Crippen LogP contribution >= 0.6 is 48.4 Å². The lowest BCUT2D eigenvalue weighted by Crippen LogP contribution is -2.46. The van der Waals surface area contributed by atoms with Crippen molar-refractivity contribution < 1.29 is 5.48 Å². The first kappa shape index (κ1) is 12.8. The summed E-state index contributed by atoms with van der Waals surface area (Å²) in [5, 5.41) is 0. The second kappa shape index (κ2) is 4.35. The van der Waals surface area contributed by atoms with Gasteiger partial charge < -0.3 is 5.48 Å². The Morgan fingerprint density at radius 3 is 1.00 bits per heavy atom. The fourth-order valence-electron chi connectivity index (χ4n) is 0.477. The van der Waals surface area contributed by atoms with Crippen molar-refractivity contribution in [1.82, 2.24) is 10.8 Å². The average Bonchev–Trinajstić information content (AvgIpc) is 2.08. The summed E-state index contributed by atoms with van der Waals surface area (Å²) in [6.45, 7) is 0. The minimum atomic E-state index is -0.805. The van der Waals surface area contributed by atoms with E-state index in [-0.39, 0.29) is 5.48 Å². The molecule has 0 saturated heterocycles. The summed E-state index contributed by atoms with van der Waals surface area (Å²) in [5.41, 5.74) is -2.41. The largest absolute Gasteiger partial charge is 0.412 e. The standard InChI is InChI=1S/C3Br3N3O3.H2O/c4-7-1(10)8(5)3(12)9(6)2(7)11;/h;1H2. The molecule has 7 nitrogen and oxygen atoms in total. The number of nitrogens with zero attached hydrogens (tertiary/aromatic N) is 3. The molecule has 1 rings (SSSR count). The van der Waals surface area contributed by atoms with Gasteiger partial charge in [0, 0.05) is 0 Å². The molecule has 1 aromatic rings. The normalized spacial score (nSPS) is 9.46. The summed E-state index contributed by atoms with van der Waals surface area (Å²) in [7, 11) is 0. The lowest BCUT2D eigenvalue weighted by Gasteiger charge is -1.97. The van der Waals surface area contributed by atoms with Gasteiger partial charge in [-0.05, 0) is 0 Å². The molecule has 10 heteroatoms. The summed E-state index contributed by atoms with van der Waals surface area (Å²) in [6.07, 6.45) is 0. The molecule has 0 saturated carbocycles. The van der Waals surface area contributed by atoms with Gasteiger partial charge in [0.05, 0.1) is 48.4 Å². The third kappa shape index (κ3) is 2.00. The summed E-state index contributed by atoms with van der Waals surface area (Å²) in [6, 6.07) is 0. The van der Waals surface area contributed by atoms with Gasteiger partial charge >= 0.3 is 17.1 Å². The number of halogens is 3. The minimum absolute atomic E-state index is 0. The Bertz CT molecular complexity index is 382. The molecular weight excluding hydrogens is 382 g/mol. The molecule has 0 fully saturated rings.